The number of nitrogens with one attached hydrogen (secondary N) is 1. The maximum atomic E-state index is 5.72. The van der Waals surface area contributed by atoms with Crippen LogP contribution in [0.5, 0.6) is 0 Å². The molecule has 1 aromatic rings. The second kappa shape index (κ2) is 6.42. The smallest absolute Gasteiger partial charge is 0.153 e. The molecule has 0 aliphatic rings. The third-order valence-electron chi connectivity index (χ3n) is 1.69. The Bertz CT molecular complexity index is 275. The molecule has 0 aromatic carbocycles. The van der Waals surface area contributed by atoms with Gasteiger partial charge in [0.2, 0.25) is 0 Å². The van der Waals surface area contributed by atoms with Gasteiger partial charge >= 0.3 is 0 Å². The van der Waals surface area contributed by atoms with E-state index in [-0.39, 0.29) is 0 Å². The van der Waals surface area contributed by atoms with Crippen molar-refractivity contribution >= 4 is 45.9 Å². The molecule has 0 aliphatic carbocycles. The molecule has 3 N–H and O–H groups in total. The van der Waals surface area contributed by atoms with Crippen LogP contribution in [0.15, 0.2) is 4.90 Å². The number of aromatic nitrogens is 1. The van der Waals surface area contributed by atoms with E-state index in [2.05, 4.69) is 15.9 Å². The van der Waals surface area contributed by atoms with Crippen molar-refractivity contribution in [3.63, 3.8) is 0 Å². The number of nitrogen functional groups attached to an aromatic ring is 1. The number of anilines is 2. The van der Waals surface area contributed by atoms with Gasteiger partial charge in [0.15, 0.2) is 5.82 Å². The number of hydrogen-bond donors (Lipinski definition) is 2. The maximum Gasteiger partial charge on any atom is 0.153 e. The number of thioether (sulfide) groups is 2. The van der Waals surface area contributed by atoms with E-state index in [0.717, 1.165) is 16.4 Å². The highest BCUT2D eigenvalue weighted by Gasteiger charge is 2.08. The Morgan fingerprint density at radius 3 is 2.93 bits per heavy atom. The number of nitrogens with zero attached hydrogens (tertiary/aromatic N) is 1. The van der Waals surface area contributed by atoms with E-state index in [1.165, 1.54) is 23.7 Å². The van der Waals surface area contributed by atoms with E-state index >= 15 is 0 Å². The third kappa shape index (κ3) is 3.25. The molecular formula is C8H15N3S3. The second-order valence-electron chi connectivity index (χ2n) is 2.70. The van der Waals surface area contributed by atoms with Crippen LogP contribution in [0.1, 0.15) is 6.42 Å². The summed E-state index contributed by atoms with van der Waals surface area (Å²) in [5.74, 6) is 1.84. The van der Waals surface area contributed by atoms with Crippen molar-refractivity contribution in [2.24, 2.45) is 0 Å². The Hall–Kier alpha value is -0.0700. The van der Waals surface area contributed by atoms with Gasteiger partial charge in [0.25, 0.3) is 0 Å². The molecule has 0 bridgehead atoms. The van der Waals surface area contributed by atoms with Crippen LogP contribution in [0.4, 0.5) is 10.8 Å². The molecule has 0 saturated heterocycles. The Balaban J connectivity index is 2.42. The van der Waals surface area contributed by atoms with Gasteiger partial charge in [0.05, 0.1) is 4.90 Å². The summed E-state index contributed by atoms with van der Waals surface area (Å²) in [6.45, 7) is 0.996. The highest BCUT2D eigenvalue weighted by atomic mass is 32.2. The minimum Gasteiger partial charge on any atom is -0.382 e. The van der Waals surface area contributed by atoms with Gasteiger partial charge in [0, 0.05) is 6.54 Å². The van der Waals surface area contributed by atoms with Crippen molar-refractivity contribution in [2.45, 2.75) is 11.3 Å². The fourth-order valence-electron chi connectivity index (χ4n) is 1.02. The van der Waals surface area contributed by atoms with Crippen molar-refractivity contribution in [1.29, 1.82) is 0 Å². The average molecular weight is 249 g/mol. The van der Waals surface area contributed by atoms with Crippen LogP contribution >= 0.6 is 35.1 Å². The van der Waals surface area contributed by atoms with Crippen LogP contribution in [0.2, 0.25) is 0 Å². The lowest BCUT2D eigenvalue weighted by Crippen LogP contribution is -2.01. The minimum absolute atomic E-state index is 0.648. The monoisotopic (exact) mass is 249 g/mol. The van der Waals surface area contributed by atoms with Crippen molar-refractivity contribution in [3.8, 4) is 0 Å². The first-order chi connectivity index (χ1) is 6.79. The topological polar surface area (TPSA) is 50.9 Å². The molecule has 0 spiro atoms. The van der Waals surface area contributed by atoms with Crippen LogP contribution in [0.25, 0.3) is 0 Å². The summed E-state index contributed by atoms with van der Waals surface area (Å²) in [7, 11) is 0. The first kappa shape index (κ1) is 12.0. The van der Waals surface area contributed by atoms with Crippen molar-refractivity contribution in [2.75, 3.05) is 35.9 Å². The Kier molecular flexibility index (Phi) is 5.50. The van der Waals surface area contributed by atoms with Crippen LogP contribution < -0.4 is 11.1 Å². The second-order valence-corrected chi connectivity index (χ2v) is 5.28. The van der Waals surface area contributed by atoms with Crippen molar-refractivity contribution in [1.82, 2.24) is 4.37 Å². The molecule has 0 aliphatic heterocycles. The first-order valence-corrected chi connectivity index (χ1v) is 7.70. The summed E-state index contributed by atoms with van der Waals surface area (Å²) in [6, 6.07) is 0. The molecule has 3 nitrogen and oxygen atoms in total. The minimum atomic E-state index is 0.648. The predicted octanol–water partition coefficient (Wildman–Crippen LogP) is 2.61. The molecule has 80 valence electrons. The van der Waals surface area contributed by atoms with E-state index in [1.807, 2.05) is 18.0 Å². The van der Waals surface area contributed by atoms with E-state index in [0.29, 0.717) is 5.82 Å². The molecular weight excluding hydrogens is 234 g/mol. The van der Waals surface area contributed by atoms with Gasteiger partial charge in [-0.3, -0.25) is 0 Å². The predicted molar refractivity (Wildman–Crippen MR) is 69.8 cm³/mol. The molecule has 6 heteroatoms. The SMILES string of the molecule is CSCCCNc1snc(N)c1SC. The Labute approximate surface area is 97.4 Å². The van der Waals surface area contributed by atoms with Crippen LogP contribution in [0.3, 0.4) is 0 Å². The first-order valence-electron chi connectivity index (χ1n) is 4.31. The Morgan fingerprint density at radius 1 is 1.50 bits per heavy atom. The van der Waals surface area contributed by atoms with Gasteiger partial charge in [-0.1, -0.05) is 0 Å². The molecule has 1 rings (SSSR count). The zero-order chi connectivity index (χ0) is 10.4. The van der Waals surface area contributed by atoms with Gasteiger partial charge in [-0.2, -0.15) is 16.1 Å². The molecule has 0 fully saturated rings. The lowest BCUT2D eigenvalue weighted by atomic mass is 10.5. The molecule has 0 unspecified atom stereocenters. The quantitative estimate of drug-likeness (QED) is 0.599. The summed E-state index contributed by atoms with van der Waals surface area (Å²) in [5.41, 5.74) is 5.72. The van der Waals surface area contributed by atoms with Gasteiger partial charge < -0.3 is 11.1 Å². The normalized spacial score (nSPS) is 10.4. The summed E-state index contributed by atoms with van der Waals surface area (Å²) < 4.78 is 4.12. The van der Waals surface area contributed by atoms with E-state index in [1.54, 1.807) is 11.8 Å². The van der Waals surface area contributed by atoms with Crippen LogP contribution in [0, 0.1) is 0 Å². The molecule has 14 heavy (non-hydrogen) atoms. The maximum absolute atomic E-state index is 5.72. The fraction of sp³-hybridized carbons (Fsp3) is 0.625. The van der Waals surface area contributed by atoms with Gasteiger partial charge in [0.1, 0.15) is 5.00 Å². The fourth-order valence-corrected chi connectivity index (χ4v) is 3.02. The average Bonchev–Trinajstić information content (AvgIpc) is 2.54. The summed E-state index contributed by atoms with van der Waals surface area (Å²) in [6.07, 6.45) is 5.32. The van der Waals surface area contributed by atoms with Gasteiger partial charge in [-0.15, -0.1) is 11.8 Å². The van der Waals surface area contributed by atoms with E-state index in [4.69, 9.17) is 5.73 Å². The molecule has 1 heterocycles. The highest BCUT2D eigenvalue weighted by Crippen LogP contribution is 2.34. The number of rotatable bonds is 6. The third-order valence-corrected chi connectivity index (χ3v) is 4.16. The molecule has 0 radical (unpaired) electrons. The van der Waals surface area contributed by atoms with E-state index in [9.17, 15) is 0 Å². The van der Waals surface area contributed by atoms with E-state index < -0.39 is 0 Å². The summed E-state index contributed by atoms with van der Waals surface area (Å²) in [5, 5.41) is 4.47. The molecule has 0 atom stereocenters. The summed E-state index contributed by atoms with van der Waals surface area (Å²) in [4.78, 5) is 1.08. The molecule has 0 amide bonds. The zero-order valence-corrected chi connectivity index (χ0v) is 10.8. The zero-order valence-electron chi connectivity index (χ0n) is 8.37. The van der Waals surface area contributed by atoms with Gasteiger partial charge in [-0.25, -0.2) is 0 Å². The standard InChI is InChI=1S/C8H15N3S3/c1-12-5-3-4-10-8-6(13-2)7(9)11-14-8/h10H,3-5H2,1-2H3,(H2,9,11). The van der Waals surface area contributed by atoms with Crippen LogP contribution in [-0.2, 0) is 0 Å². The van der Waals surface area contributed by atoms with Gasteiger partial charge in [-0.05, 0) is 36.2 Å². The summed E-state index contributed by atoms with van der Waals surface area (Å²) >= 11 is 4.96. The number of nitrogens with two attached hydrogens (primary N) is 1. The van der Waals surface area contributed by atoms with Crippen molar-refractivity contribution < 1.29 is 0 Å². The molecule has 0 saturated carbocycles. The lowest BCUT2D eigenvalue weighted by Gasteiger charge is -2.04. The lowest BCUT2D eigenvalue weighted by molar-refractivity contribution is 0.994. The van der Waals surface area contributed by atoms with Crippen molar-refractivity contribution in [3.05, 3.63) is 0 Å². The highest BCUT2D eigenvalue weighted by molar-refractivity contribution is 7.99. The largest absolute Gasteiger partial charge is 0.382 e. The number of hydrogen-bond acceptors (Lipinski definition) is 6. The Morgan fingerprint density at radius 2 is 2.29 bits per heavy atom. The molecule has 1 aromatic heterocycles. The van der Waals surface area contributed by atoms with Crippen LogP contribution in [-0.4, -0.2) is 29.2 Å².